The van der Waals surface area contributed by atoms with Crippen LogP contribution in [0.1, 0.15) is 15.9 Å². The minimum atomic E-state index is -0.0919. The lowest BCUT2D eigenvalue weighted by atomic mass is 10.1. The van der Waals surface area contributed by atoms with Gasteiger partial charge < -0.3 is 10.0 Å². The Morgan fingerprint density at radius 1 is 1.30 bits per heavy atom. The molecule has 5 heteroatoms. The van der Waals surface area contributed by atoms with E-state index in [-0.39, 0.29) is 11.7 Å². The van der Waals surface area contributed by atoms with E-state index in [1.54, 1.807) is 36.5 Å². The molecule has 20 heavy (non-hydrogen) atoms. The van der Waals surface area contributed by atoms with Crippen LogP contribution in [0.25, 0.3) is 0 Å². The first-order valence-corrected chi connectivity index (χ1v) is 7.28. The molecule has 4 nitrogen and oxygen atoms in total. The summed E-state index contributed by atoms with van der Waals surface area (Å²) in [7, 11) is 1.76. The Kier molecular flexibility index (Phi) is 4.94. The second-order valence-corrected chi connectivity index (χ2v) is 5.66. The van der Waals surface area contributed by atoms with Crippen molar-refractivity contribution in [1.29, 1.82) is 0 Å². The third-order valence-corrected chi connectivity index (χ3v) is 3.94. The van der Waals surface area contributed by atoms with E-state index in [4.69, 9.17) is 0 Å². The Morgan fingerprint density at radius 3 is 2.65 bits per heavy atom. The van der Waals surface area contributed by atoms with Crippen molar-refractivity contribution in [3.63, 3.8) is 0 Å². The number of pyridine rings is 1. The summed E-state index contributed by atoms with van der Waals surface area (Å²) < 4.78 is 0.735. The maximum Gasteiger partial charge on any atom is 0.253 e. The molecule has 1 amide bonds. The molecule has 0 saturated heterocycles. The topological polar surface area (TPSA) is 53.4 Å². The number of hydrogen-bond acceptors (Lipinski definition) is 3. The molecule has 1 aromatic carbocycles. The first-order chi connectivity index (χ1) is 9.58. The minimum absolute atomic E-state index is 0.0919. The first kappa shape index (κ1) is 14.8. The number of rotatable bonds is 4. The number of phenols is 1. The zero-order valence-corrected chi connectivity index (χ0v) is 13.2. The van der Waals surface area contributed by atoms with Crippen molar-refractivity contribution >= 4 is 28.5 Å². The number of amides is 1. The van der Waals surface area contributed by atoms with Gasteiger partial charge in [0.05, 0.1) is 3.57 Å². The monoisotopic (exact) mass is 382 g/mol. The molecule has 1 N–H and O–H groups in total. The molecule has 0 saturated carbocycles. The van der Waals surface area contributed by atoms with Crippen LogP contribution in [0, 0.1) is 3.57 Å². The van der Waals surface area contributed by atoms with E-state index >= 15 is 0 Å². The molecule has 0 unspecified atom stereocenters. The summed E-state index contributed by atoms with van der Waals surface area (Å²) in [5.41, 5.74) is 1.64. The maximum absolute atomic E-state index is 12.2. The van der Waals surface area contributed by atoms with Crippen LogP contribution in [-0.2, 0) is 6.42 Å². The fourth-order valence-corrected chi connectivity index (χ4v) is 2.15. The minimum Gasteiger partial charge on any atom is -0.507 e. The number of phenolic OH excluding ortho intramolecular Hbond substituents is 1. The number of likely N-dealkylation sites (N-methyl/N-ethyl adjacent to an activating group) is 1. The summed E-state index contributed by atoms with van der Waals surface area (Å²) >= 11 is 2.03. The highest BCUT2D eigenvalue weighted by atomic mass is 127. The van der Waals surface area contributed by atoms with Gasteiger partial charge in [-0.1, -0.05) is 0 Å². The van der Waals surface area contributed by atoms with Gasteiger partial charge in [-0.3, -0.25) is 9.78 Å². The number of benzene rings is 1. The highest BCUT2D eigenvalue weighted by Gasteiger charge is 2.13. The predicted molar refractivity (Wildman–Crippen MR) is 85.7 cm³/mol. The number of nitrogens with zero attached hydrogens (tertiary/aromatic N) is 2. The van der Waals surface area contributed by atoms with Crippen molar-refractivity contribution in [2.24, 2.45) is 0 Å². The highest BCUT2D eigenvalue weighted by molar-refractivity contribution is 14.1. The summed E-state index contributed by atoms with van der Waals surface area (Å²) in [6.07, 6.45) is 4.27. The largest absolute Gasteiger partial charge is 0.507 e. The molecule has 0 aliphatic heterocycles. The number of carbonyl (C=O) groups is 1. The lowest BCUT2D eigenvalue weighted by Crippen LogP contribution is -2.28. The van der Waals surface area contributed by atoms with E-state index < -0.39 is 0 Å². The number of hydrogen-bond donors (Lipinski definition) is 1. The number of aromatic hydroxyl groups is 1. The highest BCUT2D eigenvalue weighted by Crippen LogP contribution is 2.21. The van der Waals surface area contributed by atoms with Crippen molar-refractivity contribution in [2.45, 2.75) is 6.42 Å². The standard InChI is InChI=1S/C15H15IN2O2/c1-18(9-6-11-4-7-17-8-5-11)15(20)12-2-3-13(16)14(19)10-12/h2-5,7-8,10,19H,6,9H2,1H3. The van der Waals surface area contributed by atoms with Gasteiger partial charge in [-0.25, -0.2) is 0 Å². The van der Waals surface area contributed by atoms with E-state index in [0.29, 0.717) is 12.1 Å². The van der Waals surface area contributed by atoms with Crippen molar-refractivity contribution in [2.75, 3.05) is 13.6 Å². The van der Waals surface area contributed by atoms with E-state index in [9.17, 15) is 9.90 Å². The summed E-state index contributed by atoms with van der Waals surface area (Å²) in [6, 6.07) is 8.85. The molecular formula is C15H15IN2O2. The molecule has 0 fully saturated rings. The van der Waals surface area contributed by atoms with Gasteiger partial charge in [-0.05, 0) is 64.9 Å². The zero-order chi connectivity index (χ0) is 14.5. The van der Waals surface area contributed by atoms with Crippen LogP contribution in [0.3, 0.4) is 0 Å². The van der Waals surface area contributed by atoms with Gasteiger partial charge in [-0.2, -0.15) is 0 Å². The van der Waals surface area contributed by atoms with Gasteiger partial charge >= 0.3 is 0 Å². The molecule has 2 aromatic rings. The van der Waals surface area contributed by atoms with Gasteiger partial charge in [0, 0.05) is 31.5 Å². The van der Waals surface area contributed by atoms with Gasteiger partial charge in [0.25, 0.3) is 5.91 Å². The second-order valence-electron chi connectivity index (χ2n) is 4.50. The fourth-order valence-electron chi connectivity index (χ4n) is 1.81. The van der Waals surface area contributed by atoms with Crippen LogP contribution in [-0.4, -0.2) is 34.5 Å². The van der Waals surface area contributed by atoms with E-state index in [2.05, 4.69) is 4.98 Å². The Labute approximate surface area is 131 Å². The summed E-state index contributed by atoms with van der Waals surface area (Å²) in [4.78, 5) is 17.8. The van der Waals surface area contributed by atoms with Crippen LogP contribution in [0.4, 0.5) is 0 Å². The van der Waals surface area contributed by atoms with Crippen LogP contribution < -0.4 is 0 Å². The lowest BCUT2D eigenvalue weighted by molar-refractivity contribution is 0.0796. The average molecular weight is 382 g/mol. The van der Waals surface area contributed by atoms with Crippen LogP contribution in [0.5, 0.6) is 5.75 Å². The van der Waals surface area contributed by atoms with Crippen LogP contribution in [0.15, 0.2) is 42.7 Å². The fraction of sp³-hybridized carbons (Fsp3) is 0.200. The number of aromatic nitrogens is 1. The maximum atomic E-state index is 12.2. The molecule has 0 atom stereocenters. The summed E-state index contributed by atoms with van der Waals surface area (Å²) in [6.45, 7) is 0.621. The molecule has 104 valence electrons. The SMILES string of the molecule is CN(CCc1ccncc1)C(=O)c1ccc(I)c(O)c1. The predicted octanol–water partition coefficient (Wildman–Crippen LogP) is 2.71. The number of carbonyl (C=O) groups excluding carboxylic acids is 1. The van der Waals surface area contributed by atoms with Crippen molar-refractivity contribution in [3.05, 3.63) is 57.4 Å². The molecule has 0 aliphatic rings. The van der Waals surface area contributed by atoms with Crippen molar-refractivity contribution in [1.82, 2.24) is 9.88 Å². The van der Waals surface area contributed by atoms with Crippen molar-refractivity contribution in [3.8, 4) is 5.75 Å². The van der Waals surface area contributed by atoms with Crippen molar-refractivity contribution < 1.29 is 9.90 Å². The third kappa shape index (κ3) is 3.69. The molecular weight excluding hydrogens is 367 g/mol. The van der Waals surface area contributed by atoms with E-state index in [1.165, 1.54) is 6.07 Å². The quantitative estimate of drug-likeness (QED) is 0.828. The lowest BCUT2D eigenvalue weighted by Gasteiger charge is -2.17. The Bertz CT molecular complexity index is 602. The molecule has 0 aliphatic carbocycles. The average Bonchev–Trinajstić information content (AvgIpc) is 2.48. The number of halogens is 1. The summed E-state index contributed by atoms with van der Waals surface area (Å²) in [5.74, 6) is 0.0461. The van der Waals surface area contributed by atoms with Gasteiger partial charge in [0.1, 0.15) is 5.75 Å². The molecule has 1 aromatic heterocycles. The van der Waals surface area contributed by atoms with Gasteiger partial charge in [-0.15, -0.1) is 0 Å². The van der Waals surface area contributed by atoms with Crippen LogP contribution in [0.2, 0.25) is 0 Å². The molecule has 2 rings (SSSR count). The summed E-state index contributed by atoms with van der Waals surface area (Å²) in [5, 5.41) is 9.65. The van der Waals surface area contributed by atoms with E-state index in [0.717, 1.165) is 15.6 Å². The first-order valence-electron chi connectivity index (χ1n) is 6.21. The Morgan fingerprint density at radius 2 is 2.00 bits per heavy atom. The Balaban J connectivity index is 1.99. The van der Waals surface area contributed by atoms with Gasteiger partial charge in [0.15, 0.2) is 0 Å². The van der Waals surface area contributed by atoms with Crippen LogP contribution >= 0.6 is 22.6 Å². The second kappa shape index (κ2) is 6.69. The molecule has 0 bridgehead atoms. The Hall–Kier alpha value is -1.63. The molecule has 1 heterocycles. The van der Waals surface area contributed by atoms with E-state index in [1.807, 2.05) is 34.7 Å². The zero-order valence-electron chi connectivity index (χ0n) is 11.1. The normalized spacial score (nSPS) is 10.3. The smallest absolute Gasteiger partial charge is 0.253 e. The molecule has 0 spiro atoms. The van der Waals surface area contributed by atoms with Gasteiger partial charge in [0.2, 0.25) is 0 Å². The molecule has 0 radical (unpaired) electrons. The third-order valence-electron chi connectivity index (χ3n) is 3.03.